The average Bonchev–Trinajstić information content (AvgIpc) is 2.24. The van der Waals surface area contributed by atoms with Crippen LogP contribution in [0.15, 0.2) is 18.5 Å². The summed E-state index contributed by atoms with van der Waals surface area (Å²) < 4.78 is 0. The molecule has 0 aromatic carbocycles. The molecule has 0 aliphatic carbocycles. The molecule has 0 aliphatic heterocycles. The molecular weight excluding hydrogens is 273 g/mol. The first-order valence-corrected chi connectivity index (χ1v) is 5.84. The average molecular weight is 292 g/mol. The van der Waals surface area contributed by atoms with Crippen LogP contribution in [0.2, 0.25) is 5.02 Å². The van der Waals surface area contributed by atoms with Gasteiger partial charge in [0, 0.05) is 25.0 Å². The van der Waals surface area contributed by atoms with E-state index in [0.717, 1.165) is 0 Å². The number of amides is 1. The van der Waals surface area contributed by atoms with Gasteiger partial charge in [-0.3, -0.25) is 9.78 Å². The summed E-state index contributed by atoms with van der Waals surface area (Å²) >= 11 is 5.91. The van der Waals surface area contributed by atoms with Gasteiger partial charge in [-0.05, 0) is 11.5 Å². The van der Waals surface area contributed by atoms with Crippen LogP contribution in [0.1, 0.15) is 31.1 Å². The number of nitrogens with one attached hydrogen (secondary N) is 1. The first-order valence-electron chi connectivity index (χ1n) is 5.46. The maximum absolute atomic E-state index is 12.0. The van der Waals surface area contributed by atoms with Crippen LogP contribution >= 0.6 is 24.0 Å². The molecule has 0 aliphatic rings. The van der Waals surface area contributed by atoms with Gasteiger partial charge in [-0.1, -0.05) is 32.4 Å². The van der Waals surface area contributed by atoms with Crippen LogP contribution < -0.4 is 11.1 Å². The second kappa shape index (κ2) is 6.92. The molecule has 1 amide bonds. The van der Waals surface area contributed by atoms with Gasteiger partial charge in [0.25, 0.3) is 5.91 Å². The van der Waals surface area contributed by atoms with Gasteiger partial charge in [-0.15, -0.1) is 12.4 Å². The maximum Gasteiger partial charge on any atom is 0.253 e. The van der Waals surface area contributed by atoms with E-state index in [1.165, 1.54) is 12.4 Å². The Kier molecular flexibility index (Phi) is 6.60. The van der Waals surface area contributed by atoms with Crippen molar-refractivity contribution in [3.63, 3.8) is 0 Å². The SMILES string of the molecule is CC(C)(C)C(CN)NC(=O)c1ccncc1Cl.Cl. The van der Waals surface area contributed by atoms with Crippen molar-refractivity contribution in [2.75, 3.05) is 6.54 Å². The second-order valence-electron chi connectivity index (χ2n) is 4.98. The molecule has 1 heterocycles. The number of nitrogens with two attached hydrogens (primary N) is 1. The Morgan fingerprint density at radius 3 is 2.61 bits per heavy atom. The summed E-state index contributed by atoms with van der Waals surface area (Å²) in [5.74, 6) is -0.220. The third kappa shape index (κ3) is 4.44. The monoisotopic (exact) mass is 291 g/mol. The van der Waals surface area contributed by atoms with Crippen molar-refractivity contribution < 1.29 is 4.79 Å². The van der Waals surface area contributed by atoms with Crippen molar-refractivity contribution in [3.05, 3.63) is 29.0 Å². The fourth-order valence-corrected chi connectivity index (χ4v) is 1.63. The quantitative estimate of drug-likeness (QED) is 0.898. The summed E-state index contributed by atoms with van der Waals surface area (Å²) in [6.45, 7) is 6.47. The summed E-state index contributed by atoms with van der Waals surface area (Å²) in [6.07, 6.45) is 2.99. The van der Waals surface area contributed by atoms with Crippen LogP contribution in [-0.2, 0) is 0 Å². The molecule has 1 aromatic rings. The van der Waals surface area contributed by atoms with E-state index in [2.05, 4.69) is 10.3 Å². The minimum Gasteiger partial charge on any atom is -0.347 e. The number of carbonyl (C=O) groups is 1. The van der Waals surface area contributed by atoms with Gasteiger partial charge < -0.3 is 11.1 Å². The zero-order valence-corrected chi connectivity index (χ0v) is 12.3. The van der Waals surface area contributed by atoms with E-state index in [1.807, 2.05) is 20.8 Å². The number of aromatic nitrogens is 1. The van der Waals surface area contributed by atoms with Crippen LogP contribution in [0.3, 0.4) is 0 Å². The molecule has 0 fully saturated rings. The molecule has 0 radical (unpaired) electrons. The van der Waals surface area contributed by atoms with Gasteiger partial charge in [-0.2, -0.15) is 0 Å². The normalized spacial score (nSPS) is 12.5. The predicted molar refractivity (Wildman–Crippen MR) is 76.3 cm³/mol. The highest BCUT2D eigenvalue weighted by atomic mass is 35.5. The Labute approximate surface area is 119 Å². The first kappa shape index (κ1) is 17.2. The molecule has 0 bridgehead atoms. The molecule has 1 unspecified atom stereocenters. The molecule has 1 aromatic heterocycles. The van der Waals surface area contributed by atoms with Crippen molar-refractivity contribution in [3.8, 4) is 0 Å². The Bertz CT molecular complexity index is 405. The van der Waals surface area contributed by atoms with Crippen LogP contribution in [-0.4, -0.2) is 23.5 Å². The minimum absolute atomic E-state index is 0. The third-order valence-corrected chi connectivity index (χ3v) is 2.90. The lowest BCUT2D eigenvalue weighted by Gasteiger charge is -2.30. The van der Waals surface area contributed by atoms with Gasteiger partial charge in [-0.25, -0.2) is 0 Å². The largest absolute Gasteiger partial charge is 0.347 e. The molecule has 0 spiro atoms. The summed E-state index contributed by atoms with van der Waals surface area (Å²) in [5, 5.41) is 3.23. The van der Waals surface area contributed by atoms with Gasteiger partial charge in [0.15, 0.2) is 0 Å². The van der Waals surface area contributed by atoms with Crippen LogP contribution in [0.5, 0.6) is 0 Å². The van der Waals surface area contributed by atoms with Gasteiger partial charge in [0.05, 0.1) is 10.6 Å². The van der Waals surface area contributed by atoms with Crippen LogP contribution in [0.4, 0.5) is 0 Å². The Balaban J connectivity index is 0.00000289. The lowest BCUT2D eigenvalue weighted by atomic mass is 9.86. The summed E-state index contributed by atoms with van der Waals surface area (Å²) in [5.41, 5.74) is 5.99. The lowest BCUT2D eigenvalue weighted by molar-refractivity contribution is 0.0905. The van der Waals surface area contributed by atoms with Crippen molar-refractivity contribution in [1.29, 1.82) is 0 Å². The van der Waals surface area contributed by atoms with E-state index in [4.69, 9.17) is 17.3 Å². The van der Waals surface area contributed by atoms with Crippen LogP contribution in [0.25, 0.3) is 0 Å². The van der Waals surface area contributed by atoms with Gasteiger partial charge in [0.1, 0.15) is 0 Å². The highest BCUT2D eigenvalue weighted by Crippen LogP contribution is 2.20. The number of halogens is 2. The minimum atomic E-state index is -0.220. The summed E-state index contributed by atoms with van der Waals surface area (Å²) in [6, 6.07) is 1.49. The fraction of sp³-hybridized carbons (Fsp3) is 0.500. The molecule has 3 N–H and O–H groups in total. The first-order chi connectivity index (χ1) is 7.86. The number of carbonyl (C=O) groups excluding carboxylic acids is 1. The van der Waals surface area contributed by atoms with Gasteiger partial charge >= 0.3 is 0 Å². The smallest absolute Gasteiger partial charge is 0.253 e. The molecule has 18 heavy (non-hydrogen) atoms. The number of pyridine rings is 1. The van der Waals surface area contributed by atoms with E-state index in [9.17, 15) is 4.79 Å². The van der Waals surface area contributed by atoms with E-state index >= 15 is 0 Å². The van der Waals surface area contributed by atoms with E-state index in [0.29, 0.717) is 17.1 Å². The summed E-state index contributed by atoms with van der Waals surface area (Å²) in [7, 11) is 0. The number of nitrogens with zero attached hydrogens (tertiary/aromatic N) is 1. The van der Waals surface area contributed by atoms with Crippen molar-refractivity contribution >= 4 is 29.9 Å². The van der Waals surface area contributed by atoms with E-state index in [-0.39, 0.29) is 29.8 Å². The third-order valence-electron chi connectivity index (χ3n) is 2.60. The highest BCUT2D eigenvalue weighted by molar-refractivity contribution is 6.33. The zero-order valence-electron chi connectivity index (χ0n) is 10.7. The molecule has 6 heteroatoms. The predicted octanol–water partition coefficient (Wildman–Crippen LogP) is 2.26. The van der Waals surface area contributed by atoms with E-state index in [1.54, 1.807) is 6.07 Å². The standard InChI is InChI=1S/C12H18ClN3O.ClH/c1-12(2,3)10(6-14)16-11(17)8-4-5-15-7-9(8)13;/h4-5,7,10H,6,14H2,1-3H3,(H,16,17);1H. The fourth-order valence-electron chi connectivity index (χ4n) is 1.42. The van der Waals surface area contributed by atoms with Crippen LogP contribution in [0, 0.1) is 5.41 Å². The molecule has 1 atom stereocenters. The number of hydrogen-bond donors (Lipinski definition) is 2. The number of rotatable bonds is 3. The van der Waals surface area contributed by atoms with Crippen molar-refractivity contribution in [2.24, 2.45) is 11.1 Å². The highest BCUT2D eigenvalue weighted by Gasteiger charge is 2.25. The number of hydrogen-bond acceptors (Lipinski definition) is 3. The summed E-state index contributed by atoms with van der Waals surface area (Å²) in [4.78, 5) is 15.8. The zero-order chi connectivity index (χ0) is 13.1. The molecule has 0 saturated carbocycles. The molecule has 102 valence electrons. The topological polar surface area (TPSA) is 68.0 Å². The Hall–Kier alpha value is -0.840. The maximum atomic E-state index is 12.0. The Morgan fingerprint density at radius 2 is 2.17 bits per heavy atom. The van der Waals surface area contributed by atoms with E-state index < -0.39 is 0 Å². The molecule has 1 rings (SSSR count). The lowest BCUT2D eigenvalue weighted by Crippen LogP contribution is -2.48. The van der Waals surface area contributed by atoms with Crippen molar-refractivity contribution in [2.45, 2.75) is 26.8 Å². The van der Waals surface area contributed by atoms with Gasteiger partial charge in [0.2, 0.25) is 0 Å². The second-order valence-corrected chi connectivity index (χ2v) is 5.39. The molecule has 4 nitrogen and oxygen atoms in total. The Morgan fingerprint density at radius 1 is 1.56 bits per heavy atom. The molecular formula is C12H19Cl2N3O. The van der Waals surface area contributed by atoms with Crippen molar-refractivity contribution in [1.82, 2.24) is 10.3 Å². The molecule has 0 saturated heterocycles.